The van der Waals surface area contributed by atoms with Gasteiger partial charge in [0.2, 0.25) is 11.9 Å². The summed E-state index contributed by atoms with van der Waals surface area (Å²) in [6.07, 6.45) is 12.8. The number of fused-ring (bicyclic) bond motifs is 1. The maximum atomic E-state index is 13.4. The van der Waals surface area contributed by atoms with Crippen molar-refractivity contribution >= 4 is 41.0 Å². The van der Waals surface area contributed by atoms with Crippen LogP contribution in [0.15, 0.2) is 24.4 Å². The molecule has 13 heteroatoms. The lowest BCUT2D eigenvalue weighted by atomic mass is 9.83. The predicted octanol–water partition coefficient (Wildman–Crippen LogP) is 5.86. The fourth-order valence-electron chi connectivity index (χ4n) is 8.66. The number of hydrogen-bond acceptors (Lipinski definition) is 10. The van der Waals surface area contributed by atoms with E-state index in [-0.39, 0.29) is 36.0 Å². The van der Waals surface area contributed by atoms with Gasteiger partial charge in [0.1, 0.15) is 23.1 Å². The van der Waals surface area contributed by atoms with Crippen molar-refractivity contribution < 1.29 is 23.9 Å². The molecule has 3 saturated carbocycles. The molecule has 13 nitrogen and oxygen atoms in total. The van der Waals surface area contributed by atoms with Gasteiger partial charge < -0.3 is 34.8 Å². The molecule has 1 aromatic carbocycles. The molecule has 3 aliphatic carbocycles. The van der Waals surface area contributed by atoms with Crippen LogP contribution < -0.4 is 25.2 Å². The Bertz CT molecular complexity index is 1640. The van der Waals surface area contributed by atoms with Crippen molar-refractivity contribution in [1.29, 1.82) is 0 Å². The molecular weight excluding hydrogens is 660 g/mol. The Morgan fingerprint density at radius 3 is 2.33 bits per heavy atom. The Balaban J connectivity index is 0.965. The standard InChI is InChI=1S/C39H56N8O5/c1-7-31-36(49)44(5)32-23-40-37(43-34(32)47(31)26-10-8-9-11-26)42-30-15-12-24(20-33(30)51-6)35(48)41-25-21-29(22-25)46(27-13-14-27)28-16-18-45(19-17-28)38(50)52-39(2,3)4/h12,15,20,23,25-29,31H,7-11,13-14,16-19,21-22H2,1-6H3,(H,41,48)(H,40,42,43)/t25?,29?,31-/m1/s1. The summed E-state index contributed by atoms with van der Waals surface area (Å²) in [5.41, 5.74) is 1.41. The van der Waals surface area contributed by atoms with Gasteiger partial charge in [0.15, 0.2) is 5.82 Å². The van der Waals surface area contributed by atoms with E-state index in [2.05, 4.69) is 32.3 Å². The van der Waals surface area contributed by atoms with Gasteiger partial charge in [-0.15, -0.1) is 0 Å². The van der Waals surface area contributed by atoms with Crippen LogP contribution >= 0.6 is 0 Å². The van der Waals surface area contributed by atoms with E-state index in [4.69, 9.17) is 14.5 Å². The van der Waals surface area contributed by atoms with Gasteiger partial charge in [-0.25, -0.2) is 9.78 Å². The molecule has 3 amide bonds. The maximum absolute atomic E-state index is 13.4. The molecular formula is C39H56N8O5. The zero-order valence-electron chi connectivity index (χ0n) is 31.7. The Morgan fingerprint density at radius 2 is 1.69 bits per heavy atom. The Morgan fingerprint density at radius 1 is 1.00 bits per heavy atom. The Labute approximate surface area is 307 Å². The summed E-state index contributed by atoms with van der Waals surface area (Å²) < 4.78 is 11.3. The van der Waals surface area contributed by atoms with Crippen LogP contribution in [0.1, 0.15) is 109 Å². The van der Waals surface area contributed by atoms with Crippen molar-refractivity contribution in [1.82, 2.24) is 25.1 Å². The third kappa shape index (κ3) is 7.51. The second-order valence-corrected chi connectivity index (χ2v) is 16.3. The monoisotopic (exact) mass is 716 g/mol. The number of anilines is 4. The first-order chi connectivity index (χ1) is 24.9. The summed E-state index contributed by atoms with van der Waals surface area (Å²) in [6, 6.07) is 7.06. The average molecular weight is 717 g/mol. The largest absolute Gasteiger partial charge is 0.495 e. The van der Waals surface area contributed by atoms with Crippen molar-refractivity contribution in [3.8, 4) is 5.75 Å². The number of amides is 3. The zero-order chi connectivity index (χ0) is 36.7. The highest BCUT2D eigenvalue weighted by molar-refractivity contribution is 6.04. The number of nitrogens with one attached hydrogen (secondary N) is 2. The second kappa shape index (κ2) is 14.7. The number of rotatable bonds is 10. The predicted molar refractivity (Wildman–Crippen MR) is 200 cm³/mol. The normalized spacial score (nSPS) is 24.1. The van der Waals surface area contributed by atoms with E-state index >= 15 is 0 Å². The molecule has 1 atom stereocenters. The highest BCUT2D eigenvalue weighted by Crippen LogP contribution is 2.42. The highest BCUT2D eigenvalue weighted by Gasteiger charge is 2.45. The van der Waals surface area contributed by atoms with Crippen LogP contribution in [0.2, 0.25) is 0 Å². The molecule has 0 unspecified atom stereocenters. The summed E-state index contributed by atoms with van der Waals surface area (Å²) in [4.78, 5) is 57.3. The average Bonchev–Trinajstić information content (AvgIpc) is 3.80. The highest BCUT2D eigenvalue weighted by atomic mass is 16.6. The van der Waals surface area contributed by atoms with E-state index in [1.54, 1.807) is 37.4 Å². The number of likely N-dealkylation sites (N-methyl/N-ethyl adjacent to an activating group) is 1. The summed E-state index contributed by atoms with van der Waals surface area (Å²) >= 11 is 0. The fourth-order valence-corrected chi connectivity index (χ4v) is 8.66. The quantitative estimate of drug-likeness (QED) is 0.308. The number of carbonyl (C=O) groups excluding carboxylic acids is 3. The van der Waals surface area contributed by atoms with E-state index in [1.807, 2.05) is 31.7 Å². The van der Waals surface area contributed by atoms with E-state index in [9.17, 15) is 14.4 Å². The van der Waals surface area contributed by atoms with E-state index in [1.165, 1.54) is 12.8 Å². The van der Waals surface area contributed by atoms with Crippen LogP contribution in [0, 0.1) is 0 Å². The van der Waals surface area contributed by atoms with Gasteiger partial charge in [-0.05, 0) is 96.8 Å². The van der Waals surface area contributed by atoms with Crippen LogP contribution in [0.5, 0.6) is 5.75 Å². The van der Waals surface area contributed by atoms with E-state index in [0.717, 1.165) is 70.3 Å². The molecule has 4 fully saturated rings. The van der Waals surface area contributed by atoms with Gasteiger partial charge in [-0.1, -0.05) is 19.8 Å². The summed E-state index contributed by atoms with van der Waals surface area (Å²) in [5, 5.41) is 6.57. The van der Waals surface area contributed by atoms with Crippen LogP contribution in [0.4, 0.5) is 27.9 Å². The molecule has 282 valence electrons. The van der Waals surface area contributed by atoms with Gasteiger partial charge in [0.25, 0.3) is 5.91 Å². The third-order valence-electron chi connectivity index (χ3n) is 11.5. The molecule has 0 spiro atoms. The molecule has 0 radical (unpaired) electrons. The van der Waals surface area contributed by atoms with Crippen LogP contribution in [0.3, 0.4) is 0 Å². The molecule has 3 heterocycles. The van der Waals surface area contributed by atoms with Gasteiger partial charge >= 0.3 is 6.09 Å². The van der Waals surface area contributed by atoms with Crippen molar-refractivity contribution in [2.24, 2.45) is 0 Å². The molecule has 52 heavy (non-hydrogen) atoms. The minimum absolute atomic E-state index is 0.0804. The number of piperidine rings is 1. The number of hydrogen-bond donors (Lipinski definition) is 2. The smallest absolute Gasteiger partial charge is 0.410 e. The number of aromatic nitrogens is 2. The SMILES string of the molecule is CC[C@@H]1C(=O)N(C)c2cnc(Nc3ccc(C(=O)NC4CC(N(C5CC5)C5CCN(C(=O)OC(C)(C)C)CC5)C4)cc3OC)nc2N1C1CCCC1. The third-order valence-corrected chi connectivity index (χ3v) is 11.5. The van der Waals surface area contributed by atoms with Crippen LogP contribution in [-0.4, -0.2) is 107 Å². The number of nitrogens with zero attached hydrogens (tertiary/aromatic N) is 6. The summed E-state index contributed by atoms with van der Waals surface area (Å²) in [5.74, 6) is 1.67. The van der Waals surface area contributed by atoms with Gasteiger partial charge in [-0.2, -0.15) is 4.98 Å². The summed E-state index contributed by atoms with van der Waals surface area (Å²) in [6.45, 7) is 9.21. The lowest BCUT2D eigenvalue weighted by molar-refractivity contribution is -0.120. The molecule has 1 aromatic heterocycles. The molecule has 7 rings (SSSR count). The van der Waals surface area contributed by atoms with E-state index < -0.39 is 5.60 Å². The molecule has 1 saturated heterocycles. The van der Waals surface area contributed by atoms with Crippen molar-refractivity contribution in [2.45, 2.75) is 140 Å². The lowest BCUT2D eigenvalue weighted by Gasteiger charge is -2.49. The number of likely N-dealkylation sites (tertiary alicyclic amines) is 1. The Hall–Kier alpha value is -4.13. The topological polar surface area (TPSA) is 132 Å². The van der Waals surface area contributed by atoms with Crippen LogP contribution in [-0.2, 0) is 9.53 Å². The van der Waals surface area contributed by atoms with Gasteiger partial charge in [0, 0.05) is 55.9 Å². The van der Waals surface area contributed by atoms with Gasteiger partial charge in [-0.3, -0.25) is 14.5 Å². The Kier molecular flexibility index (Phi) is 10.3. The first-order valence-corrected chi connectivity index (χ1v) is 19.4. The maximum Gasteiger partial charge on any atom is 0.410 e. The molecule has 0 bridgehead atoms. The molecule has 2 aromatic rings. The van der Waals surface area contributed by atoms with Crippen molar-refractivity contribution in [3.63, 3.8) is 0 Å². The first-order valence-electron chi connectivity index (χ1n) is 19.4. The zero-order valence-corrected chi connectivity index (χ0v) is 31.7. The van der Waals surface area contributed by atoms with Crippen molar-refractivity contribution in [3.05, 3.63) is 30.0 Å². The number of carbonyl (C=O) groups is 3. The first kappa shape index (κ1) is 36.2. The molecule has 2 N–H and O–H groups in total. The van der Waals surface area contributed by atoms with E-state index in [0.29, 0.717) is 53.2 Å². The fraction of sp³-hybridized carbons (Fsp3) is 0.667. The minimum atomic E-state index is -0.488. The number of methoxy groups -OCH3 is 1. The number of benzene rings is 1. The lowest BCUT2D eigenvalue weighted by Crippen LogP contribution is -2.59. The molecule has 5 aliphatic rings. The molecule has 2 aliphatic heterocycles. The minimum Gasteiger partial charge on any atom is -0.495 e. The summed E-state index contributed by atoms with van der Waals surface area (Å²) in [7, 11) is 3.39. The number of ether oxygens (including phenoxy) is 2. The van der Waals surface area contributed by atoms with Crippen molar-refractivity contribution in [2.75, 3.05) is 42.4 Å². The van der Waals surface area contributed by atoms with Gasteiger partial charge in [0.05, 0.1) is 19.0 Å². The second-order valence-electron chi connectivity index (χ2n) is 16.3. The van der Waals surface area contributed by atoms with Crippen LogP contribution in [0.25, 0.3) is 0 Å².